The minimum absolute atomic E-state index is 0.0113. The van der Waals surface area contributed by atoms with Crippen LogP contribution in [0.3, 0.4) is 0 Å². The summed E-state index contributed by atoms with van der Waals surface area (Å²) in [7, 11) is 1.47. The van der Waals surface area contributed by atoms with Gasteiger partial charge in [-0.3, -0.25) is 14.5 Å². The summed E-state index contributed by atoms with van der Waals surface area (Å²) in [6.45, 7) is 1.78. The van der Waals surface area contributed by atoms with Crippen molar-refractivity contribution in [1.29, 1.82) is 0 Å². The number of benzene rings is 3. The van der Waals surface area contributed by atoms with Gasteiger partial charge in [0.25, 0.3) is 5.91 Å². The van der Waals surface area contributed by atoms with Crippen LogP contribution < -0.4 is 9.64 Å². The van der Waals surface area contributed by atoms with E-state index in [4.69, 9.17) is 9.15 Å². The largest absolute Gasteiger partial charge is 0.503 e. The molecule has 1 unspecified atom stereocenters. The topological polar surface area (TPSA) is 80.0 Å². The van der Waals surface area contributed by atoms with Gasteiger partial charge in [-0.1, -0.05) is 36.4 Å². The molecule has 1 N–H and O–H groups in total. The first kappa shape index (κ1) is 22.3. The van der Waals surface area contributed by atoms with Crippen molar-refractivity contribution in [3.63, 3.8) is 0 Å². The van der Waals surface area contributed by atoms with Crippen molar-refractivity contribution >= 4 is 28.3 Å². The molecule has 1 aromatic heterocycles. The average Bonchev–Trinajstić information content (AvgIpc) is 3.40. The number of aliphatic hydroxyl groups is 1. The monoisotopic (exact) mass is 475 g/mol. The number of rotatable bonds is 5. The van der Waals surface area contributed by atoms with E-state index < -0.39 is 35.1 Å². The standard InChI is InChI=1S/C27H19F2NO5/c1-14-6-3-4-8-17(14)23-22(24(31)21-12-15-7-5-9-20(34-2)26(15)35-21)25(32)27(33)30(23)16-10-11-18(28)19(29)13-16/h3-13,23,32H,1-2H3. The van der Waals surface area contributed by atoms with Crippen LogP contribution in [0.4, 0.5) is 14.5 Å². The number of fused-ring (bicyclic) bond motifs is 1. The van der Waals surface area contributed by atoms with E-state index in [9.17, 15) is 23.5 Å². The summed E-state index contributed by atoms with van der Waals surface area (Å²) in [5.41, 5.74) is 1.36. The maximum Gasteiger partial charge on any atom is 0.294 e. The highest BCUT2D eigenvalue weighted by atomic mass is 19.2. The van der Waals surface area contributed by atoms with Gasteiger partial charge in [0.15, 0.2) is 34.5 Å². The van der Waals surface area contributed by atoms with Crippen LogP contribution in [0.15, 0.2) is 82.5 Å². The SMILES string of the molecule is COc1cccc2cc(C(=O)C3=C(O)C(=O)N(c4ccc(F)c(F)c4)C3c3ccccc3C)oc12. The van der Waals surface area contributed by atoms with Gasteiger partial charge in [-0.2, -0.15) is 0 Å². The van der Waals surface area contributed by atoms with Crippen molar-refractivity contribution in [3.05, 3.63) is 107 Å². The number of ether oxygens (including phenoxy) is 1. The summed E-state index contributed by atoms with van der Waals surface area (Å²) in [6, 6.07) is 15.5. The number of aliphatic hydroxyl groups excluding tert-OH is 1. The first-order valence-electron chi connectivity index (χ1n) is 10.7. The Morgan fingerprint density at radius 1 is 1.03 bits per heavy atom. The Morgan fingerprint density at radius 2 is 1.80 bits per heavy atom. The molecule has 0 spiro atoms. The predicted molar refractivity (Wildman–Crippen MR) is 125 cm³/mol. The van der Waals surface area contributed by atoms with Crippen LogP contribution in [0.1, 0.15) is 27.7 Å². The molecule has 0 bridgehead atoms. The Labute approximate surface area is 198 Å². The van der Waals surface area contributed by atoms with Gasteiger partial charge in [-0.05, 0) is 42.3 Å². The highest BCUT2D eigenvalue weighted by Crippen LogP contribution is 2.43. The number of carbonyl (C=O) groups is 2. The van der Waals surface area contributed by atoms with Crippen LogP contribution in [0.25, 0.3) is 11.0 Å². The molecule has 0 saturated carbocycles. The number of anilines is 1. The number of aryl methyl sites for hydroxylation is 1. The molecular formula is C27H19F2NO5. The van der Waals surface area contributed by atoms with E-state index in [1.165, 1.54) is 19.2 Å². The summed E-state index contributed by atoms with van der Waals surface area (Å²) in [4.78, 5) is 28.0. The normalized spacial score (nSPS) is 15.8. The second kappa shape index (κ2) is 8.39. The van der Waals surface area contributed by atoms with Crippen LogP contribution in [-0.2, 0) is 4.79 Å². The van der Waals surface area contributed by atoms with Gasteiger partial charge in [-0.25, -0.2) is 8.78 Å². The fraction of sp³-hybridized carbons (Fsp3) is 0.111. The van der Waals surface area contributed by atoms with E-state index in [1.807, 2.05) is 0 Å². The van der Waals surface area contributed by atoms with Gasteiger partial charge >= 0.3 is 0 Å². The maximum absolute atomic E-state index is 14.1. The lowest BCUT2D eigenvalue weighted by molar-refractivity contribution is -0.117. The minimum atomic E-state index is -1.16. The molecule has 35 heavy (non-hydrogen) atoms. The first-order chi connectivity index (χ1) is 16.8. The Balaban J connectivity index is 1.69. The Morgan fingerprint density at radius 3 is 2.51 bits per heavy atom. The number of furan rings is 1. The Bertz CT molecular complexity index is 1540. The molecule has 0 aliphatic carbocycles. The fourth-order valence-electron chi connectivity index (χ4n) is 4.37. The summed E-state index contributed by atoms with van der Waals surface area (Å²) in [5.74, 6) is -4.36. The number of nitrogens with zero attached hydrogens (tertiary/aromatic N) is 1. The number of methoxy groups -OCH3 is 1. The van der Waals surface area contributed by atoms with Crippen LogP contribution in [0, 0.1) is 18.6 Å². The number of halogens is 2. The molecule has 0 radical (unpaired) electrons. The van der Waals surface area contributed by atoms with E-state index >= 15 is 0 Å². The second-order valence-electron chi connectivity index (χ2n) is 8.11. The second-order valence-corrected chi connectivity index (χ2v) is 8.11. The first-order valence-corrected chi connectivity index (χ1v) is 10.7. The molecule has 1 aliphatic heterocycles. The van der Waals surface area contributed by atoms with E-state index in [0.717, 1.165) is 22.6 Å². The van der Waals surface area contributed by atoms with E-state index in [2.05, 4.69) is 0 Å². The molecule has 1 atom stereocenters. The third kappa shape index (κ3) is 3.54. The van der Waals surface area contributed by atoms with E-state index in [0.29, 0.717) is 22.3 Å². The number of Topliss-reactive ketones (excluding diaryl/α,β-unsaturated/α-hetero) is 1. The zero-order valence-electron chi connectivity index (χ0n) is 18.7. The third-order valence-electron chi connectivity index (χ3n) is 6.07. The Hall–Kier alpha value is -4.46. The molecule has 8 heteroatoms. The van der Waals surface area contributed by atoms with Crippen LogP contribution in [-0.4, -0.2) is 23.9 Å². The number of ketones is 1. The number of amides is 1. The van der Waals surface area contributed by atoms with E-state index in [-0.39, 0.29) is 17.0 Å². The number of hydrogen-bond donors (Lipinski definition) is 1. The molecule has 3 aromatic carbocycles. The van der Waals surface area contributed by atoms with Gasteiger partial charge in [-0.15, -0.1) is 0 Å². The molecule has 0 saturated heterocycles. The number of carbonyl (C=O) groups excluding carboxylic acids is 2. The lowest BCUT2D eigenvalue weighted by Gasteiger charge is -2.28. The molecule has 5 rings (SSSR count). The smallest absolute Gasteiger partial charge is 0.294 e. The van der Waals surface area contributed by atoms with Crippen molar-refractivity contribution in [1.82, 2.24) is 0 Å². The highest BCUT2D eigenvalue weighted by Gasteiger charge is 2.46. The minimum Gasteiger partial charge on any atom is -0.503 e. The molecule has 1 aliphatic rings. The van der Waals surface area contributed by atoms with E-state index in [1.54, 1.807) is 49.4 Å². The van der Waals surface area contributed by atoms with Gasteiger partial charge < -0.3 is 14.3 Å². The summed E-state index contributed by atoms with van der Waals surface area (Å²) in [5, 5.41) is 11.5. The number of para-hydroxylation sites is 1. The average molecular weight is 475 g/mol. The maximum atomic E-state index is 14.1. The molecular weight excluding hydrogens is 456 g/mol. The van der Waals surface area contributed by atoms with Gasteiger partial charge in [0.1, 0.15) is 0 Å². The van der Waals surface area contributed by atoms with Gasteiger partial charge in [0.2, 0.25) is 5.78 Å². The summed E-state index contributed by atoms with van der Waals surface area (Å²) < 4.78 is 38.8. The van der Waals surface area contributed by atoms with Gasteiger partial charge in [0, 0.05) is 17.1 Å². The number of hydrogen-bond acceptors (Lipinski definition) is 5. The lowest BCUT2D eigenvalue weighted by atomic mass is 9.92. The van der Waals surface area contributed by atoms with Gasteiger partial charge in [0.05, 0.1) is 18.7 Å². The predicted octanol–water partition coefficient (Wildman–Crippen LogP) is 5.81. The van der Waals surface area contributed by atoms with Crippen molar-refractivity contribution in [2.45, 2.75) is 13.0 Å². The zero-order chi connectivity index (χ0) is 24.9. The van der Waals surface area contributed by atoms with Crippen molar-refractivity contribution < 1.29 is 32.6 Å². The van der Waals surface area contributed by atoms with Crippen LogP contribution in [0.2, 0.25) is 0 Å². The molecule has 1 amide bonds. The van der Waals surface area contributed by atoms with Crippen LogP contribution >= 0.6 is 0 Å². The summed E-state index contributed by atoms with van der Waals surface area (Å²) >= 11 is 0. The molecule has 4 aromatic rings. The highest BCUT2D eigenvalue weighted by molar-refractivity contribution is 6.20. The summed E-state index contributed by atoms with van der Waals surface area (Å²) in [6.07, 6.45) is 0. The molecule has 2 heterocycles. The zero-order valence-corrected chi connectivity index (χ0v) is 18.7. The third-order valence-corrected chi connectivity index (χ3v) is 6.07. The van der Waals surface area contributed by atoms with Crippen molar-refractivity contribution in [2.24, 2.45) is 0 Å². The molecule has 0 fully saturated rings. The molecule has 176 valence electrons. The quantitative estimate of drug-likeness (QED) is 0.369. The van der Waals surface area contributed by atoms with Crippen molar-refractivity contribution in [2.75, 3.05) is 12.0 Å². The van der Waals surface area contributed by atoms with Crippen LogP contribution in [0.5, 0.6) is 5.75 Å². The Kier molecular flexibility index (Phi) is 5.36. The fourth-order valence-corrected chi connectivity index (χ4v) is 4.37. The lowest BCUT2D eigenvalue weighted by Crippen LogP contribution is -2.31. The molecule has 6 nitrogen and oxygen atoms in total. The van der Waals surface area contributed by atoms with Crippen molar-refractivity contribution in [3.8, 4) is 5.75 Å².